The second kappa shape index (κ2) is 9.40. The topological polar surface area (TPSA) is 92.1 Å². The lowest BCUT2D eigenvalue weighted by Gasteiger charge is -2.33. The standard InChI is InChI=1S/C25H26N8O/c1-18-24(13-21(15-27-18)28-25(34)19-6-4-3-5-7-19)33-17-23(29-30-33)20-12-22(16-26-14-20)32-10-8-31(2)9-11-32/h3-7,12-17H,8-11H2,1-2H3,(H,28,34). The lowest BCUT2D eigenvalue weighted by atomic mass is 10.2. The fraction of sp³-hybridized carbons (Fsp3) is 0.240. The lowest BCUT2D eigenvalue weighted by Crippen LogP contribution is -2.44. The maximum absolute atomic E-state index is 12.5. The Kier molecular flexibility index (Phi) is 6.01. The van der Waals surface area contributed by atoms with Crippen LogP contribution < -0.4 is 10.2 Å². The summed E-state index contributed by atoms with van der Waals surface area (Å²) in [6.45, 7) is 5.91. The van der Waals surface area contributed by atoms with Gasteiger partial charge in [-0.2, -0.15) is 0 Å². The van der Waals surface area contributed by atoms with Gasteiger partial charge in [0.2, 0.25) is 0 Å². The van der Waals surface area contributed by atoms with Crippen LogP contribution in [0.5, 0.6) is 0 Å². The number of nitrogens with one attached hydrogen (secondary N) is 1. The Balaban J connectivity index is 1.37. The number of nitrogens with zero attached hydrogens (tertiary/aromatic N) is 7. The van der Waals surface area contributed by atoms with Crippen molar-refractivity contribution in [2.45, 2.75) is 6.92 Å². The van der Waals surface area contributed by atoms with Crippen LogP contribution in [0.25, 0.3) is 16.9 Å². The van der Waals surface area contributed by atoms with Gasteiger partial charge in [0.25, 0.3) is 5.91 Å². The summed E-state index contributed by atoms with van der Waals surface area (Å²) in [5.41, 5.74) is 5.41. The van der Waals surface area contributed by atoms with Gasteiger partial charge in [-0.05, 0) is 38.2 Å². The maximum atomic E-state index is 12.5. The normalized spacial score (nSPS) is 14.2. The van der Waals surface area contributed by atoms with Crippen molar-refractivity contribution in [1.82, 2.24) is 29.9 Å². The summed E-state index contributed by atoms with van der Waals surface area (Å²) < 4.78 is 1.68. The van der Waals surface area contributed by atoms with E-state index < -0.39 is 0 Å². The van der Waals surface area contributed by atoms with Crippen molar-refractivity contribution in [1.29, 1.82) is 0 Å². The second-order valence-corrected chi connectivity index (χ2v) is 8.42. The van der Waals surface area contributed by atoms with E-state index in [2.05, 4.69) is 48.5 Å². The van der Waals surface area contributed by atoms with E-state index in [-0.39, 0.29) is 5.91 Å². The molecular weight excluding hydrogens is 428 g/mol. The first-order valence-electron chi connectivity index (χ1n) is 11.2. The summed E-state index contributed by atoms with van der Waals surface area (Å²) in [5, 5.41) is 11.6. The van der Waals surface area contributed by atoms with Gasteiger partial charge in [0.05, 0.1) is 41.3 Å². The molecule has 0 radical (unpaired) electrons. The molecule has 3 aromatic heterocycles. The van der Waals surface area contributed by atoms with Gasteiger partial charge in [0.15, 0.2) is 0 Å². The smallest absolute Gasteiger partial charge is 0.255 e. The Morgan fingerprint density at radius 3 is 2.59 bits per heavy atom. The number of aromatic nitrogens is 5. The molecule has 1 saturated heterocycles. The molecule has 1 aromatic carbocycles. The molecular formula is C25H26N8O. The maximum Gasteiger partial charge on any atom is 0.255 e. The minimum absolute atomic E-state index is 0.191. The number of benzene rings is 1. The van der Waals surface area contributed by atoms with Crippen molar-refractivity contribution in [3.8, 4) is 16.9 Å². The highest BCUT2D eigenvalue weighted by Crippen LogP contribution is 2.24. The molecule has 4 aromatic rings. The van der Waals surface area contributed by atoms with Gasteiger partial charge in [-0.3, -0.25) is 14.8 Å². The Bertz CT molecular complexity index is 1300. The average molecular weight is 455 g/mol. The van der Waals surface area contributed by atoms with Gasteiger partial charge >= 0.3 is 0 Å². The first-order valence-corrected chi connectivity index (χ1v) is 11.2. The van der Waals surface area contributed by atoms with Crippen LogP contribution in [0.3, 0.4) is 0 Å². The fourth-order valence-corrected chi connectivity index (χ4v) is 3.93. The Hall–Kier alpha value is -4.11. The first kappa shape index (κ1) is 21.7. The molecule has 1 fully saturated rings. The van der Waals surface area contributed by atoms with Gasteiger partial charge in [-0.1, -0.05) is 23.4 Å². The van der Waals surface area contributed by atoms with Gasteiger partial charge in [-0.15, -0.1) is 5.10 Å². The number of piperazine rings is 1. The summed E-state index contributed by atoms with van der Waals surface area (Å²) in [5.74, 6) is -0.191. The minimum atomic E-state index is -0.191. The molecule has 0 atom stereocenters. The Labute approximate surface area is 198 Å². The van der Waals surface area contributed by atoms with E-state index in [4.69, 9.17) is 0 Å². The number of anilines is 2. The van der Waals surface area contributed by atoms with E-state index in [0.717, 1.165) is 54.5 Å². The summed E-state index contributed by atoms with van der Waals surface area (Å²) in [4.78, 5) is 26.1. The van der Waals surface area contributed by atoms with E-state index >= 15 is 0 Å². The van der Waals surface area contributed by atoms with Gasteiger partial charge in [0.1, 0.15) is 5.69 Å². The summed E-state index contributed by atoms with van der Waals surface area (Å²) in [7, 11) is 2.14. The molecule has 4 heterocycles. The van der Waals surface area contributed by atoms with Crippen LogP contribution >= 0.6 is 0 Å². The molecule has 1 N–H and O–H groups in total. The van der Waals surface area contributed by atoms with Gasteiger partial charge in [0, 0.05) is 43.5 Å². The Morgan fingerprint density at radius 2 is 1.79 bits per heavy atom. The summed E-state index contributed by atoms with van der Waals surface area (Å²) >= 11 is 0. The molecule has 0 aliphatic carbocycles. The molecule has 1 aliphatic rings. The first-order chi connectivity index (χ1) is 16.6. The molecule has 1 amide bonds. The number of rotatable bonds is 5. The molecule has 34 heavy (non-hydrogen) atoms. The van der Waals surface area contributed by atoms with Crippen LogP contribution in [0.4, 0.5) is 11.4 Å². The number of carbonyl (C=O) groups excluding carboxylic acids is 1. The highest BCUT2D eigenvalue weighted by atomic mass is 16.1. The summed E-state index contributed by atoms with van der Waals surface area (Å²) in [6, 6.07) is 13.0. The highest BCUT2D eigenvalue weighted by Gasteiger charge is 2.16. The molecule has 9 heteroatoms. The monoisotopic (exact) mass is 454 g/mol. The van der Waals surface area contributed by atoms with Crippen LogP contribution in [0.15, 0.2) is 67.3 Å². The minimum Gasteiger partial charge on any atom is -0.368 e. The van der Waals surface area contributed by atoms with Crippen molar-refractivity contribution >= 4 is 17.3 Å². The third-order valence-corrected chi connectivity index (χ3v) is 5.98. The van der Waals surface area contributed by atoms with Gasteiger partial charge in [-0.25, -0.2) is 4.68 Å². The SMILES string of the molecule is Cc1ncc(NC(=O)c2ccccc2)cc1-n1cc(-c2cncc(N3CCN(C)CC3)c2)nn1. The van der Waals surface area contributed by atoms with Crippen molar-refractivity contribution in [2.75, 3.05) is 43.4 Å². The third-order valence-electron chi connectivity index (χ3n) is 5.98. The van der Waals surface area contributed by atoms with E-state index in [0.29, 0.717) is 11.3 Å². The zero-order chi connectivity index (χ0) is 23.5. The molecule has 0 saturated carbocycles. The number of hydrogen-bond donors (Lipinski definition) is 1. The van der Waals surface area contributed by atoms with Crippen LogP contribution in [0.1, 0.15) is 16.1 Å². The predicted octanol–water partition coefficient (Wildman–Crippen LogP) is 3.04. The fourth-order valence-electron chi connectivity index (χ4n) is 3.93. The van der Waals surface area contributed by atoms with Crippen LogP contribution in [0, 0.1) is 6.92 Å². The van der Waals surface area contributed by atoms with Crippen molar-refractivity contribution in [2.24, 2.45) is 0 Å². The van der Waals surface area contributed by atoms with E-state index in [1.54, 1.807) is 29.2 Å². The third kappa shape index (κ3) is 4.65. The summed E-state index contributed by atoms with van der Waals surface area (Å²) in [6.07, 6.45) is 7.19. The molecule has 0 bridgehead atoms. The predicted molar refractivity (Wildman–Crippen MR) is 131 cm³/mol. The zero-order valence-electron chi connectivity index (χ0n) is 19.2. The number of amides is 1. The van der Waals surface area contributed by atoms with Crippen LogP contribution in [-0.4, -0.2) is 69.0 Å². The van der Waals surface area contributed by atoms with Crippen molar-refractivity contribution < 1.29 is 4.79 Å². The lowest BCUT2D eigenvalue weighted by molar-refractivity contribution is 0.102. The Morgan fingerprint density at radius 1 is 1.00 bits per heavy atom. The number of pyridine rings is 2. The second-order valence-electron chi connectivity index (χ2n) is 8.42. The van der Waals surface area contributed by atoms with Crippen molar-refractivity contribution in [3.05, 3.63) is 78.5 Å². The molecule has 0 spiro atoms. The number of hydrogen-bond acceptors (Lipinski definition) is 7. The van der Waals surface area contributed by atoms with Crippen LogP contribution in [0.2, 0.25) is 0 Å². The molecule has 1 aliphatic heterocycles. The van der Waals surface area contributed by atoms with Gasteiger partial charge < -0.3 is 15.1 Å². The number of aryl methyl sites for hydroxylation is 1. The molecule has 172 valence electrons. The van der Waals surface area contributed by atoms with E-state index in [1.165, 1.54) is 0 Å². The van der Waals surface area contributed by atoms with E-state index in [9.17, 15) is 4.79 Å². The number of carbonyl (C=O) groups is 1. The number of likely N-dealkylation sites (N-methyl/N-ethyl adjacent to an activating group) is 1. The largest absolute Gasteiger partial charge is 0.368 e. The highest BCUT2D eigenvalue weighted by molar-refractivity contribution is 6.04. The quantitative estimate of drug-likeness (QED) is 0.496. The zero-order valence-corrected chi connectivity index (χ0v) is 19.2. The van der Waals surface area contributed by atoms with Crippen LogP contribution in [-0.2, 0) is 0 Å². The average Bonchev–Trinajstić information content (AvgIpc) is 3.36. The van der Waals surface area contributed by atoms with Crippen molar-refractivity contribution in [3.63, 3.8) is 0 Å². The van der Waals surface area contributed by atoms with E-state index in [1.807, 2.05) is 43.6 Å². The molecule has 5 rings (SSSR count). The molecule has 9 nitrogen and oxygen atoms in total. The molecule has 0 unspecified atom stereocenters.